The topological polar surface area (TPSA) is 86.9 Å². The van der Waals surface area contributed by atoms with Crippen LogP contribution in [0.3, 0.4) is 0 Å². The molecule has 1 aromatic heterocycles. The van der Waals surface area contributed by atoms with Crippen LogP contribution in [0.2, 0.25) is 0 Å². The van der Waals surface area contributed by atoms with Gasteiger partial charge in [0.25, 0.3) is 5.91 Å². The van der Waals surface area contributed by atoms with E-state index < -0.39 is 6.04 Å². The fourth-order valence-corrected chi connectivity index (χ4v) is 3.18. The summed E-state index contributed by atoms with van der Waals surface area (Å²) in [5.41, 5.74) is 3.57. The summed E-state index contributed by atoms with van der Waals surface area (Å²) in [5.74, 6) is -0.590. The highest BCUT2D eigenvalue weighted by Gasteiger charge is 2.23. The van der Waals surface area contributed by atoms with Crippen LogP contribution in [0, 0.1) is 0 Å². The number of H-pyrrole nitrogens is 1. The first kappa shape index (κ1) is 18.4. The van der Waals surface area contributed by atoms with E-state index in [-0.39, 0.29) is 11.8 Å². The van der Waals surface area contributed by atoms with Crippen molar-refractivity contribution in [3.63, 3.8) is 0 Å². The van der Waals surface area contributed by atoms with Crippen LogP contribution in [0.5, 0.6) is 0 Å². The van der Waals surface area contributed by atoms with Crippen molar-refractivity contribution in [2.24, 2.45) is 0 Å². The third-order valence-electron chi connectivity index (χ3n) is 4.65. The second-order valence-electron chi connectivity index (χ2n) is 6.68. The maximum atomic E-state index is 13.1. The Balaban J connectivity index is 1.57. The van der Waals surface area contributed by atoms with E-state index in [2.05, 4.69) is 20.6 Å². The van der Waals surface area contributed by atoms with Gasteiger partial charge in [-0.25, -0.2) is 4.98 Å². The number of carbonyl (C=O) groups excluding carboxylic acids is 2. The lowest BCUT2D eigenvalue weighted by Crippen LogP contribution is -2.45. The number of aromatic nitrogens is 2. The third kappa shape index (κ3) is 4.32. The SMILES string of the molecule is O=C(NC(Cc1ccccc1)C(=O)Nc1cccc2[nH]cnc12)c1ccccc1. The monoisotopic (exact) mass is 384 g/mol. The van der Waals surface area contributed by atoms with Gasteiger partial charge < -0.3 is 15.6 Å². The maximum absolute atomic E-state index is 13.1. The average Bonchev–Trinajstić information content (AvgIpc) is 3.24. The molecular formula is C23H20N4O2. The van der Waals surface area contributed by atoms with Crippen LogP contribution in [0.1, 0.15) is 15.9 Å². The van der Waals surface area contributed by atoms with E-state index in [0.29, 0.717) is 23.2 Å². The fourth-order valence-electron chi connectivity index (χ4n) is 3.18. The van der Waals surface area contributed by atoms with Gasteiger partial charge in [0.2, 0.25) is 5.91 Å². The number of aromatic amines is 1. The van der Waals surface area contributed by atoms with Crippen LogP contribution in [-0.4, -0.2) is 27.8 Å². The molecule has 0 radical (unpaired) electrons. The first-order valence-corrected chi connectivity index (χ1v) is 9.33. The number of hydrogen-bond acceptors (Lipinski definition) is 3. The Morgan fingerprint density at radius 3 is 2.38 bits per heavy atom. The van der Waals surface area contributed by atoms with Gasteiger partial charge in [-0.2, -0.15) is 0 Å². The summed E-state index contributed by atoms with van der Waals surface area (Å²) in [6.07, 6.45) is 1.96. The molecule has 4 aromatic rings. The number of anilines is 1. The number of amides is 2. The predicted octanol–water partition coefficient (Wildman–Crippen LogP) is 3.54. The summed E-state index contributed by atoms with van der Waals surface area (Å²) in [5, 5.41) is 5.78. The molecule has 0 saturated carbocycles. The van der Waals surface area contributed by atoms with Crippen molar-refractivity contribution in [3.8, 4) is 0 Å². The molecular weight excluding hydrogens is 364 g/mol. The quantitative estimate of drug-likeness (QED) is 0.475. The summed E-state index contributed by atoms with van der Waals surface area (Å²) < 4.78 is 0. The van der Waals surface area contributed by atoms with Crippen molar-refractivity contribution in [2.75, 3.05) is 5.32 Å². The predicted molar refractivity (Wildman–Crippen MR) is 113 cm³/mol. The smallest absolute Gasteiger partial charge is 0.251 e. The molecule has 3 N–H and O–H groups in total. The van der Waals surface area contributed by atoms with Crippen LogP contribution in [0.4, 0.5) is 5.69 Å². The Bertz CT molecular complexity index is 1120. The van der Waals surface area contributed by atoms with Crippen molar-refractivity contribution in [3.05, 3.63) is 96.3 Å². The fraction of sp³-hybridized carbons (Fsp3) is 0.0870. The molecule has 0 saturated heterocycles. The molecule has 1 atom stereocenters. The molecule has 144 valence electrons. The molecule has 6 heteroatoms. The minimum atomic E-state index is -0.737. The van der Waals surface area contributed by atoms with Gasteiger partial charge in [0.1, 0.15) is 11.6 Å². The third-order valence-corrected chi connectivity index (χ3v) is 4.65. The number of imidazole rings is 1. The molecule has 0 aliphatic rings. The van der Waals surface area contributed by atoms with Crippen LogP contribution < -0.4 is 10.6 Å². The zero-order valence-electron chi connectivity index (χ0n) is 15.6. The van der Waals surface area contributed by atoms with Gasteiger partial charge in [-0.15, -0.1) is 0 Å². The number of benzene rings is 3. The van der Waals surface area contributed by atoms with Crippen molar-refractivity contribution in [2.45, 2.75) is 12.5 Å². The molecule has 2 amide bonds. The minimum Gasteiger partial charge on any atom is -0.345 e. The van der Waals surface area contributed by atoms with E-state index in [1.165, 1.54) is 0 Å². The van der Waals surface area contributed by atoms with Gasteiger partial charge in [-0.05, 0) is 29.8 Å². The number of fused-ring (bicyclic) bond motifs is 1. The lowest BCUT2D eigenvalue weighted by molar-refractivity contribution is -0.118. The van der Waals surface area contributed by atoms with E-state index in [1.807, 2.05) is 48.5 Å². The highest BCUT2D eigenvalue weighted by Crippen LogP contribution is 2.20. The zero-order valence-corrected chi connectivity index (χ0v) is 15.6. The van der Waals surface area contributed by atoms with Gasteiger partial charge in [-0.3, -0.25) is 9.59 Å². The Kier molecular flexibility index (Phi) is 5.33. The van der Waals surface area contributed by atoms with Crippen molar-refractivity contribution >= 4 is 28.5 Å². The average molecular weight is 384 g/mol. The number of rotatable bonds is 6. The molecule has 29 heavy (non-hydrogen) atoms. The van der Waals surface area contributed by atoms with E-state index in [4.69, 9.17) is 0 Å². The minimum absolute atomic E-state index is 0.292. The first-order valence-electron chi connectivity index (χ1n) is 9.33. The van der Waals surface area contributed by atoms with E-state index in [1.54, 1.807) is 36.7 Å². The van der Waals surface area contributed by atoms with E-state index in [9.17, 15) is 9.59 Å². The molecule has 1 heterocycles. The zero-order chi connectivity index (χ0) is 20.1. The number of nitrogens with zero attached hydrogens (tertiary/aromatic N) is 1. The Morgan fingerprint density at radius 2 is 1.62 bits per heavy atom. The Labute approximate surface area is 168 Å². The van der Waals surface area contributed by atoms with Crippen LogP contribution in [0.15, 0.2) is 85.2 Å². The number of nitrogens with one attached hydrogen (secondary N) is 3. The highest BCUT2D eigenvalue weighted by atomic mass is 16.2. The van der Waals surface area contributed by atoms with Crippen molar-refractivity contribution in [1.82, 2.24) is 15.3 Å². The van der Waals surface area contributed by atoms with Gasteiger partial charge in [0, 0.05) is 12.0 Å². The van der Waals surface area contributed by atoms with Crippen LogP contribution in [-0.2, 0) is 11.2 Å². The molecule has 0 bridgehead atoms. The summed E-state index contributed by atoms with van der Waals surface area (Å²) in [7, 11) is 0. The summed E-state index contributed by atoms with van der Waals surface area (Å²) >= 11 is 0. The molecule has 4 rings (SSSR count). The van der Waals surface area contributed by atoms with Gasteiger partial charge >= 0.3 is 0 Å². The summed E-state index contributed by atoms with van der Waals surface area (Å²) in [6, 6.07) is 23.2. The van der Waals surface area contributed by atoms with Crippen LogP contribution in [0.25, 0.3) is 11.0 Å². The lowest BCUT2D eigenvalue weighted by Gasteiger charge is -2.19. The van der Waals surface area contributed by atoms with E-state index >= 15 is 0 Å². The maximum Gasteiger partial charge on any atom is 0.251 e. The molecule has 0 fully saturated rings. The molecule has 0 aliphatic carbocycles. The normalized spacial score (nSPS) is 11.7. The molecule has 0 aliphatic heterocycles. The molecule has 0 spiro atoms. The molecule has 3 aromatic carbocycles. The van der Waals surface area contributed by atoms with E-state index in [0.717, 1.165) is 11.1 Å². The summed E-state index contributed by atoms with van der Waals surface area (Å²) in [4.78, 5) is 33.0. The second-order valence-corrected chi connectivity index (χ2v) is 6.68. The molecule has 6 nitrogen and oxygen atoms in total. The van der Waals surface area contributed by atoms with Crippen LogP contribution >= 0.6 is 0 Å². The van der Waals surface area contributed by atoms with Crippen molar-refractivity contribution in [1.29, 1.82) is 0 Å². The summed E-state index contributed by atoms with van der Waals surface area (Å²) in [6.45, 7) is 0. The van der Waals surface area contributed by atoms with Gasteiger partial charge in [-0.1, -0.05) is 54.6 Å². The van der Waals surface area contributed by atoms with Gasteiger partial charge in [0.05, 0.1) is 17.5 Å². The number of hydrogen-bond donors (Lipinski definition) is 3. The largest absolute Gasteiger partial charge is 0.345 e. The number of para-hydroxylation sites is 1. The van der Waals surface area contributed by atoms with Gasteiger partial charge in [0.15, 0.2) is 0 Å². The van der Waals surface area contributed by atoms with Crippen molar-refractivity contribution < 1.29 is 9.59 Å². The standard InChI is InChI=1S/C23H20N4O2/c28-22(17-10-5-2-6-11-17)27-20(14-16-8-3-1-4-9-16)23(29)26-19-13-7-12-18-21(19)25-15-24-18/h1-13,15,20H,14H2,(H,24,25)(H,26,29)(H,27,28). The Hall–Kier alpha value is -3.93. The Morgan fingerprint density at radius 1 is 0.897 bits per heavy atom. The number of carbonyl (C=O) groups is 2. The molecule has 1 unspecified atom stereocenters. The lowest BCUT2D eigenvalue weighted by atomic mass is 10.0. The highest BCUT2D eigenvalue weighted by molar-refractivity contribution is 6.04. The first-order chi connectivity index (χ1) is 14.2. The second kappa shape index (κ2) is 8.39.